The van der Waals surface area contributed by atoms with Gasteiger partial charge in [-0.15, -0.1) is 0 Å². The third kappa shape index (κ3) is 2.48. The van der Waals surface area contributed by atoms with Crippen LogP contribution in [0.25, 0.3) is 0 Å². The van der Waals surface area contributed by atoms with Gasteiger partial charge >= 0.3 is 6.03 Å². The van der Waals surface area contributed by atoms with Gasteiger partial charge in [0.1, 0.15) is 0 Å². The molecule has 0 saturated heterocycles. The van der Waals surface area contributed by atoms with E-state index in [-0.39, 0.29) is 6.03 Å². The number of nitrogens with zero attached hydrogens (tertiary/aromatic N) is 3. The zero-order valence-corrected chi connectivity index (χ0v) is 8.98. The lowest BCUT2D eigenvalue weighted by Gasteiger charge is -2.10. The molecule has 1 rings (SSSR count). The number of hydrogen-bond donors (Lipinski definition) is 1. The van der Waals surface area contributed by atoms with Crippen LogP contribution in [0.15, 0.2) is 12.4 Å². The fraction of sp³-hybridized carbons (Fsp3) is 0.556. The first-order valence-electron chi connectivity index (χ1n) is 4.53. The van der Waals surface area contributed by atoms with Gasteiger partial charge in [-0.2, -0.15) is 5.10 Å². The van der Waals surface area contributed by atoms with Gasteiger partial charge in [-0.1, -0.05) is 0 Å². The first-order valence-corrected chi connectivity index (χ1v) is 4.53. The van der Waals surface area contributed by atoms with Crippen molar-refractivity contribution in [3.63, 3.8) is 0 Å². The van der Waals surface area contributed by atoms with Crippen LogP contribution in [0.2, 0.25) is 0 Å². The number of anilines is 1. The fourth-order valence-corrected chi connectivity index (χ4v) is 0.920. The molecule has 5 heteroatoms. The molecule has 0 aliphatic rings. The normalized spacial score (nSPS) is 10.4. The van der Waals surface area contributed by atoms with E-state index < -0.39 is 0 Å². The van der Waals surface area contributed by atoms with E-state index in [1.54, 1.807) is 25.0 Å². The van der Waals surface area contributed by atoms with E-state index in [4.69, 9.17) is 0 Å². The summed E-state index contributed by atoms with van der Waals surface area (Å²) < 4.78 is 1.80. The molecular weight excluding hydrogens is 180 g/mol. The molecule has 0 aliphatic carbocycles. The summed E-state index contributed by atoms with van der Waals surface area (Å²) in [6.07, 6.45) is 3.45. The molecule has 0 saturated carbocycles. The van der Waals surface area contributed by atoms with Gasteiger partial charge in [-0.25, -0.2) is 4.79 Å². The molecule has 0 atom stereocenters. The molecular formula is C9H16N4O. The predicted octanol–water partition coefficient (Wildman–Crippen LogP) is 1.56. The molecule has 0 radical (unpaired) electrons. The highest BCUT2D eigenvalue weighted by Gasteiger charge is 2.06. The molecule has 0 spiro atoms. The van der Waals surface area contributed by atoms with Crippen LogP contribution in [0.5, 0.6) is 0 Å². The van der Waals surface area contributed by atoms with E-state index in [0.29, 0.717) is 6.04 Å². The van der Waals surface area contributed by atoms with Gasteiger partial charge in [0.15, 0.2) is 0 Å². The predicted molar refractivity (Wildman–Crippen MR) is 55.3 cm³/mol. The SMILES string of the molecule is CC(C)n1cc(NC(=O)N(C)C)cn1. The number of aromatic nitrogens is 2. The molecule has 78 valence electrons. The highest BCUT2D eigenvalue weighted by molar-refractivity contribution is 5.88. The topological polar surface area (TPSA) is 50.2 Å². The van der Waals surface area contributed by atoms with Gasteiger partial charge in [-0.3, -0.25) is 4.68 Å². The Morgan fingerprint density at radius 3 is 2.64 bits per heavy atom. The smallest absolute Gasteiger partial charge is 0.321 e. The van der Waals surface area contributed by atoms with E-state index in [2.05, 4.69) is 10.4 Å². The average Bonchev–Trinajstić information content (AvgIpc) is 2.52. The highest BCUT2D eigenvalue weighted by atomic mass is 16.2. The number of hydrogen-bond acceptors (Lipinski definition) is 2. The lowest BCUT2D eigenvalue weighted by Crippen LogP contribution is -2.27. The van der Waals surface area contributed by atoms with Crippen molar-refractivity contribution < 1.29 is 4.79 Å². The average molecular weight is 196 g/mol. The molecule has 1 heterocycles. The van der Waals surface area contributed by atoms with Crippen molar-refractivity contribution >= 4 is 11.7 Å². The quantitative estimate of drug-likeness (QED) is 0.780. The maximum absolute atomic E-state index is 11.3. The Morgan fingerprint density at radius 2 is 2.21 bits per heavy atom. The summed E-state index contributed by atoms with van der Waals surface area (Å²) in [7, 11) is 3.39. The fourth-order valence-electron chi connectivity index (χ4n) is 0.920. The second-order valence-corrected chi connectivity index (χ2v) is 3.63. The van der Waals surface area contributed by atoms with Crippen molar-refractivity contribution in [2.24, 2.45) is 0 Å². The molecule has 1 aromatic rings. The monoisotopic (exact) mass is 196 g/mol. The summed E-state index contributed by atoms with van der Waals surface area (Å²) in [5.41, 5.74) is 0.720. The van der Waals surface area contributed by atoms with E-state index >= 15 is 0 Å². The van der Waals surface area contributed by atoms with Gasteiger partial charge in [0.05, 0.1) is 11.9 Å². The third-order valence-corrected chi connectivity index (χ3v) is 1.79. The maximum atomic E-state index is 11.3. The highest BCUT2D eigenvalue weighted by Crippen LogP contribution is 2.09. The minimum absolute atomic E-state index is 0.145. The van der Waals surface area contributed by atoms with Crippen molar-refractivity contribution in [3.05, 3.63) is 12.4 Å². The number of rotatable bonds is 2. The van der Waals surface area contributed by atoms with Crippen molar-refractivity contribution in [2.75, 3.05) is 19.4 Å². The third-order valence-electron chi connectivity index (χ3n) is 1.79. The van der Waals surface area contributed by atoms with Crippen LogP contribution in [-0.2, 0) is 0 Å². The second-order valence-electron chi connectivity index (χ2n) is 3.63. The minimum Gasteiger partial charge on any atom is -0.331 e. The first-order chi connectivity index (χ1) is 6.50. The number of carbonyl (C=O) groups is 1. The number of amides is 2. The van der Waals surface area contributed by atoms with E-state index in [9.17, 15) is 4.79 Å². The lowest BCUT2D eigenvalue weighted by atomic mass is 10.4. The Morgan fingerprint density at radius 1 is 1.57 bits per heavy atom. The van der Waals surface area contributed by atoms with Crippen LogP contribution in [0.3, 0.4) is 0 Å². The van der Waals surface area contributed by atoms with E-state index in [1.165, 1.54) is 4.90 Å². The van der Waals surface area contributed by atoms with Crippen molar-refractivity contribution in [1.82, 2.24) is 14.7 Å². The van der Waals surface area contributed by atoms with Gasteiger partial charge in [-0.05, 0) is 13.8 Å². The Balaban J connectivity index is 2.64. The van der Waals surface area contributed by atoms with Gasteiger partial charge in [0.2, 0.25) is 0 Å². The zero-order chi connectivity index (χ0) is 10.7. The molecule has 2 amide bonds. The van der Waals surface area contributed by atoms with Gasteiger partial charge in [0, 0.05) is 26.3 Å². The summed E-state index contributed by atoms with van der Waals surface area (Å²) in [6.45, 7) is 4.06. The van der Waals surface area contributed by atoms with Crippen LogP contribution in [-0.4, -0.2) is 34.8 Å². The number of urea groups is 1. The Hall–Kier alpha value is -1.52. The van der Waals surface area contributed by atoms with Crippen LogP contribution in [0.1, 0.15) is 19.9 Å². The van der Waals surface area contributed by atoms with Crippen LogP contribution >= 0.6 is 0 Å². The number of nitrogens with one attached hydrogen (secondary N) is 1. The molecule has 1 aromatic heterocycles. The molecule has 5 nitrogen and oxygen atoms in total. The number of carbonyl (C=O) groups excluding carboxylic acids is 1. The zero-order valence-electron chi connectivity index (χ0n) is 8.98. The second kappa shape index (κ2) is 4.13. The maximum Gasteiger partial charge on any atom is 0.321 e. The Kier molecular flexibility index (Phi) is 3.11. The lowest BCUT2D eigenvalue weighted by molar-refractivity contribution is 0.230. The Labute approximate surface area is 83.7 Å². The molecule has 14 heavy (non-hydrogen) atoms. The molecule has 1 N–H and O–H groups in total. The summed E-state index contributed by atoms with van der Waals surface area (Å²) in [4.78, 5) is 12.7. The molecule has 0 aliphatic heterocycles. The van der Waals surface area contributed by atoms with E-state index in [0.717, 1.165) is 5.69 Å². The standard InChI is InChI=1S/C9H16N4O/c1-7(2)13-6-8(5-10-13)11-9(14)12(3)4/h5-7H,1-4H3,(H,11,14). The Bertz CT molecular complexity index is 316. The van der Waals surface area contributed by atoms with Crippen molar-refractivity contribution in [2.45, 2.75) is 19.9 Å². The molecule has 0 aromatic carbocycles. The molecule has 0 bridgehead atoms. The largest absolute Gasteiger partial charge is 0.331 e. The first kappa shape index (κ1) is 10.6. The summed E-state index contributed by atoms with van der Waals surface area (Å²) in [6, 6.07) is 0.160. The van der Waals surface area contributed by atoms with Crippen LogP contribution < -0.4 is 5.32 Å². The molecule has 0 fully saturated rings. The summed E-state index contributed by atoms with van der Waals surface area (Å²) in [5, 5.41) is 6.83. The van der Waals surface area contributed by atoms with E-state index in [1.807, 2.05) is 20.0 Å². The van der Waals surface area contributed by atoms with Crippen molar-refractivity contribution in [1.29, 1.82) is 0 Å². The summed E-state index contributed by atoms with van der Waals surface area (Å²) in [5.74, 6) is 0. The minimum atomic E-state index is -0.145. The van der Waals surface area contributed by atoms with Gasteiger partial charge in [0.25, 0.3) is 0 Å². The summed E-state index contributed by atoms with van der Waals surface area (Å²) >= 11 is 0. The van der Waals surface area contributed by atoms with Crippen molar-refractivity contribution in [3.8, 4) is 0 Å². The van der Waals surface area contributed by atoms with Gasteiger partial charge < -0.3 is 10.2 Å². The van der Waals surface area contributed by atoms with Crippen LogP contribution in [0, 0.1) is 0 Å². The molecule has 0 unspecified atom stereocenters. The van der Waals surface area contributed by atoms with Crippen LogP contribution in [0.4, 0.5) is 10.5 Å².